The number of para-hydroxylation sites is 1. The van der Waals surface area contributed by atoms with E-state index in [1.807, 2.05) is 0 Å². The Hall–Kier alpha value is -2.08. The smallest absolute Gasteiger partial charge is 0.319 e. The third kappa shape index (κ3) is 5.07. The average Bonchev–Trinajstić information content (AvgIpc) is 2.93. The summed E-state index contributed by atoms with van der Waals surface area (Å²) in [6.45, 7) is 2.16. The zero-order valence-corrected chi connectivity index (χ0v) is 11.8. The lowest BCUT2D eigenvalue weighted by Crippen LogP contribution is -2.31. The molecule has 114 valence electrons. The molecule has 1 aromatic carbocycles. The highest BCUT2D eigenvalue weighted by atomic mass is 16.5. The number of nitrogens with one attached hydrogen (secondary N) is 2. The molecule has 21 heavy (non-hydrogen) atoms. The van der Waals surface area contributed by atoms with Gasteiger partial charge in [0.05, 0.1) is 6.42 Å². The van der Waals surface area contributed by atoms with E-state index >= 15 is 0 Å². The van der Waals surface area contributed by atoms with Gasteiger partial charge in [-0.25, -0.2) is 4.79 Å². The standard InChI is InChI=1S/C15H20N2O4/c18-14(19)9-12-3-1-2-4-13(12)17-15(20)16-7-5-11-6-8-21-10-11/h1-4,11H,5-10H2,(H,18,19)(H2,16,17,20). The third-order valence-electron chi connectivity index (χ3n) is 3.47. The van der Waals surface area contributed by atoms with E-state index in [9.17, 15) is 9.59 Å². The second kappa shape index (κ2) is 7.64. The average molecular weight is 292 g/mol. The number of carbonyl (C=O) groups is 2. The van der Waals surface area contributed by atoms with E-state index in [-0.39, 0.29) is 12.5 Å². The number of hydrogen-bond donors (Lipinski definition) is 3. The summed E-state index contributed by atoms with van der Waals surface area (Å²) in [5.41, 5.74) is 1.12. The van der Waals surface area contributed by atoms with Crippen molar-refractivity contribution >= 4 is 17.7 Å². The summed E-state index contributed by atoms with van der Waals surface area (Å²) in [5.74, 6) is -0.407. The van der Waals surface area contributed by atoms with Crippen molar-refractivity contribution < 1.29 is 19.4 Å². The second-order valence-electron chi connectivity index (χ2n) is 5.13. The van der Waals surface area contributed by atoms with E-state index in [0.29, 0.717) is 23.7 Å². The molecule has 3 N–H and O–H groups in total. The van der Waals surface area contributed by atoms with Gasteiger partial charge in [0.1, 0.15) is 0 Å². The number of urea groups is 1. The Morgan fingerprint density at radius 2 is 2.14 bits per heavy atom. The minimum Gasteiger partial charge on any atom is -0.481 e. The molecule has 2 rings (SSSR count). The Labute approximate surface area is 123 Å². The molecule has 1 aliphatic heterocycles. The second-order valence-corrected chi connectivity index (χ2v) is 5.13. The number of anilines is 1. The topological polar surface area (TPSA) is 87.7 Å². The number of ether oxygens (including phenoxy) is 1. The van der Waals surface area contributed by atoms with Crippen LogP contribution in [0.3, 0.4) is 0 Å². The molecule has 0 spiro atoms. The summed E-state index contributed by atoms with van der Waals surface area (Å²) >= 11 is 0. The first-order valence-corrected chi connectivity index (χ1v) is 7.07. The van der Waals surface area contributed by atoms with Crippen molar-refractivity contribution in [2.45, 2.75) is 19.3 Å². The van der Waals surface area contributed by atoms with Crippen LogP contribution in [0.2, 0.25) is 0 Å². The van der Waals surface area contributed by atoms with Gasteiger partial charge in [-0.2, -0.15) is 0 Å². The summed E-state index contributed by atoms with van der Waals surface area (Å²) < 4.78 is 5.28. The van der Waals surface area contributed by atoms with Gasteiger partial charge in [0.15, 0.2) is 0 Å². The molecule has 1 saturated heterocycles. The van der Waals surface area contributed by atoms with E-state index in [1.165, 1.54) is 0 Å². The first-order valence-electron chi connectivity index (χ1n) is 7.07. The van der Waals surface area contributed by atoms with Crippen LogP contribution in [0.25, 0.3) is 0 Å². The van der Waals surface area contributed by atoms with E-state index in [4.69, 9.17) is 9.84 Å². The molecule has 1 aromatic rings. The maximum Gasteiger partial charge on any atom is 0.319 e. The number of rotatable bonds is 6. The van der Waals surface area contributed by atoms with E-state index in [0.717, 1.165) is 26.1 Å². The quantitative estimate of drug-likeness (QED) is 0.747. The summed E-state index contributed by atoms with van der Waals surface area (Å²) in [6.07, 6.45) is 1.82. The van der Waals surface area contributed by atoms with Crippen molar-refractivity contribution in [2.24, 2.45) is 5.92 Å². The number of hydrogen-bond acceptors (Lipinski definition) is 3. The van der Waals surface area contributed by atoms with Crippen molar-refractivity contribution in [1.82, 2.24) is 5.32 Å². The molecule has 6 nitrogen and oxygen atoms in total. The van der Waals surface area contributed by atoms with Crippen LogP contribution in [0.4, 0.5) is 10.5 Å². The molecule has 0 saturated carbocycles. The van der Waals surface area contributed by atoms with Crippen LogP contribution in [0.5, 0.6) is 0 Å². The first-order chi connectivity index (χ1) is 10.1. The van der Waals surface area contributed by atoms with Crippen LogP contribution in [0, 0.1) is 5.92 Å². The van der Waals surface area contributed by atoms with Gasteiger partial charge in [-0.1, -0.05) is 18.2 Å². The Kier molecular flexibility index (Phi) is 5.57. The zero-order chi connectivity index (χ0) is 15.1. The van der Waals surface area contributed by atoms with Crippen LogP contribution < -0.4 is 10.6 Å². The van der Waals surface area contributed by atoms with Crippen LogP contribution in [0.1, 0.15) is 18.4 Å². The predicted octanol–water partition coefficient (Wildman–Crippen LogP) is 1.86. The number of benzene rings is 1. The minimum absolute atomic E-state index is 0.115. The number of carbonyl (C=O) groups excluding carboxylic acids is 1. The molecule has 1 atom stereocenters. The fourth-order valence-corrected chi connectivity index (χ4v) is 2.33. The molecular weight excluding hydrogens is 272 g/mol. The predicted molar refractivity (Wildman–Crippen MR) is 78.3 cm³/mol. The van der Waals surface area contributed by atoms with Gasteiger partial charge in [0, 0.05) is 25.4 Å². The normalized spacial score (nSPS) is 17.4. The van der Waals surface area contributed by atoms with Crippen molar-refractivity contribution in [3.63, 3.8) is 0 Å². The lowest BCUT2D eigenvalue weighted by atomic mass is 10.1. The molecule has 6 heteroatoms. The van der Waals surface area contributed by atoms with Gasteiger partial charge in [0.25, 0.3) is 0 Å². The maximum absolute atomic E-state index is 11.8. The number of amides is 2. The van der Waals surface area contributed by atoms with Crippen molar-refractivity contribution in [3.05, 3.63) is 29.8 Å². The molecule has 0 aromatic heterocycles. The van der Waals surface area contributed by atoms with Gasteiger partial charge in [-0.05, 0) is 30.4 Å². The van der Waals surface area contributed by atoms with E-state index < -0.39 is 5.97 Å². The zero-order valence-electron chi connectivity index (χ0n) is 11.8. The number of aliphatic carboxylic acids is 1. The van der Waals surface area contributed by atoms with Crippen LogP contribution >= 0.6 is 0 Å². The van der Waals surface area contributed by atoms with E-state index in [1.54, 1.807) is 24.3 Å². The third-order valence-corrected chi connectivity index (χ3v) is 3.47. The van der Waals surface area contributed by atoms with Crippen molar-refractivity contribution in [1.29, 1.82) is 0 Å². The monoisotopic (exact) mass is 292 g/mol. The van der Waals surface area contributed by atoms with Gasteiger partial charge >= 0.3 is 12.0 Å². The highest BCUT2D eigenvalue weighted by molar-refractivity contribution is 5.90. The SMILES string of the molecule is O=C(O)Cc1ccccc1NC(=O)NCCC1CCOC1. The van der Waals surface area contributed by atoms with Gasteiger partial charge in [0.2, 0.25) is 0 Å². The highest BCUT2D eigenvalue weighted by Gasteiger charge is 2.15. The molecular formula is C15H20N2O4. The molecule has 1 aliphatic rings. The molecule has 0 bridgehead atoms. The number of carboxylic acid groups (broad SMARTS) is 1. The van der Waals surface area contributed by atoms with Crippen LogP contribution in [0.15, 0.2) is 24.3 Å². The highest BCUT2D eigenvalue weighted by Crippen LogP contribution is 2.16. The lowest BCUT2D eigenvalue weighted by molar-refractivity contribution is -0.136. The number of carboxylic acids is 1. The Morgan fingerprint density at radius 1 is 1.33 bits per heavy atom. The largest absolute Gasteiger partial charge is 0.481 e. The first kappa shape index (κ1) is 15.3. The fraction of sp³-hybridized carbons (Fsp3) is 0.467. The molecule has 2 amide bonds. The summed E-state index contributed by atoms with van der Waals surface area (Å²) in [4.78, 5) is 22.6. The molecule has 1 fully saturated rings. The van der Waals surface area contributed by atoms with Crippen molar-refractivity contribution in [2.75, 3.05) is 25.1 Å². The molecule has 1 heterocycles. The summed E-state index contributed by atoms with van der Waals surface area (Å²) in [5, 5.41) is 14.3. The Morgan fingerprint density at radius 3 is 2.86 bits per heavy atom. The van der Waals surface area contributed by atoms with Gasteiger partial charge in [-0.3, -0.25) is 4.79 Å². The lowest BCUT2D eigenvalue weighted by Gasteiger charge is -2.12. The van der Waals surface area contributed by atoms with Crippen LogP contribution in [-0.2, 0) is 16.0 Å². The Balaban J connectivity index is 1.80. The van der Waals surface area contributed by atoms with Gasteiger partial charge in [-0.15, -0.1) is 0 Å². The Bertz CT molecular complexity index is 498. The molecule has 0 radical (unpaired) electrons. The molecule has 0 aliphatic carbocycles. The summed E-state index contributed by atoms with van der Waals surface area (Å²) in [6, 6.07) is 6.59. The minimum atomic E-state index is -0.925. The fourth-order valence-electron chi connectivity index (χ4n) is 2.33. The van der Waals surface area contributed by atoms with E-state index in [2.05, 4.69) is 10.6 Å². The van der Waals surface area contributed by atoms with Crippen LogP contribution in [-0.4, -0.2) is 36.9 Å². The molecule has 1 unspecified atom stereocenters. The summed E-state index contributed by atoms with van der Waals surface area (Å²) in [7, 11) is 0. The van der Waals surface area contributed by atoms with Gasteiger partial charge < -0.3 is 20.5 Å². The maximum atomic E-state index is 11.8. The van der Waals surface area contributed by atoms with Crippen molar-refractivity contribution in [3.8, 4) is 0 Å².